The van der Waals surface area contributed by atoms with Crippen LogP contribution in [-0.4, -0.2) is 28.0 Å². The molecule has 0 aliphatic rings. The van der Waals surface area contributed by atoms with Gasteiger partial charge in [-0.05, 0) is 51.4 Å². The predicted octanol–water partition coefficient (Wildman–Crippen LogP) is 3.66. The molecule has 0 atom stereocenters. The Balaban J connectivity index is 2.51. The second-order valence-corrected chi connectivity index (χ2v) is 5.11. The van der Waals surface area contributed by atoms with E-state index in [9.17, 15) is 0 Å². The molecule has 0 radical (unpaired) electrons. The topological polar surface area (TPSA) is 41.9 Å². The Hall–Kier alpha value is -1.68. The summed E-state index contributed by atoms with van der Waals surface area (Å²) in [4.78, 5) is 15.1. The summed E-state index contributed by atoms with van der Waals surface area (Å²) < 4.78 is 0. The Kier molecular flexibility index (Phi) is 4.55. The molecule has 0 unspecified atom stereocenters. The molecule has 0 N–H and O–H groups in total. The monoisotopic (exact) mass is 290 g/mol. The summed E-state index contributed by atoms with van der Waals surface area (Å²) in [5, 5.41) is 0.232. The van der Waals surface area contributed by atoms with Gasteiger partial charge in [-0.15, -0.1) is 0 Å². The molecule has 4 nitrogen and oxygen atoms in total. The van der Waals surface area contributed by atoms with Crippen LogP contribution in [0.1, 0.15) is 25.0 Å². The molecule has 1 aromatic carbocycles. The summed E-state index contributed by atoms with van der Waals surface area (Å²) in [5.74, 6) is 1.25. The Labute approximate surface area is 124 Å². The van der Waals surface area contributed by atoms with Gasteiger partial charge in [0, 0.05) is 18.7 Å². The van der Waals surface area contributed by atoms with Gasteiger partial charge in [0.05, 0.1) is 0 Å². The lowest BCUT2D eigenvalue weighted by molar-refractivity contribution is 0.813. The minimum absolute atomic E-state index is 0.232. The van der Waals surface area contributed by atoms with Crippen molar-refractivity contribution in [2.75, 3.05) is 18.0 Å². The van der Waals surface area contributed by atoms with E-state index in [-0.39, 0.29) is 5.28 Å². The third-order valence-corrected chi connectivity index (χ3v) is 3.29. The Morgan fingerprint density at radius 1 is 0.950 bits per heavy atom. The zero-order chi connectivity index (χ0) is 14.7. The summed E-state index contributed by atoms with van der Waals surface area (Å²) in [6, 6.07) is 6.24. The number of aryl methyl sites for hydroxylation is 2. The minimum atomic E-state index is 0.232. The molecule has 1 heterocycles. The Bertz CT molecular complexity index is 589. The van der Waals surface area contributed by atoms with Crippen LogP contribution in [0.3, 0.4) is 0 Å². The van der Waals surface area contributed by atoms with Crippen LogP contribution in [0.2, 0.25) is 5.28 Å². The van der Waals surface area contributed by atoms with Crippen LogP contribution in [0.25, 0.3) is 11.4 Å². The molecule has 20 heavy (non-hydrogen) atoms. The number of halogens is 1. The van der Waals surface area contributed by atoms with Gasteiger partial charge in [-0.3, -0.25) is 0 Å². The summed E-state index contributed by atoms with van der Waals surface area (Å²) in [6.07, 6.45) is 0. The molecule has 2 rings (SSSR count). The molecule has 0 fully saturated rings. The van der Waals surface area contributed by atoms with Crippen molar-refractivity contribution in [1.29, 1.82) is 0 Å². The van der Waals surface area contributed by atoms with Gasteiger partial charge in [0.2, 0.25) is 11.2 Å². The van der Waals surface area contributed by atoms with Gasteiger partial charge in [-0.25, -0.2) is 0 Å². The average molecular weight is 291 g/mol. The predicted molar refractivity (Wildman–Crippen MR) is 83.3 cm³/mol. The van der Waals surface area contributed by atoms with Crippen LogP contribution in [0, 0.1) is 13.8 Å². The van der Waals surface area contributed by atoms with E-state index in [2.05, 4.69) is 65.7 Å². The highest BCUT2D eigenvalue weighted by Crippen LogP contribution is 2.22. The molecule has 2 aromatic rings. The lowest BCUT2D eigenvalue weighted by atomic mass is 10.1. The first-order chi connectivity index (χ1) is 9.53. The van der Waals surface area contributed by atoms with E-state index >= 15 is 0 Å². The van der Waals surface area contributed by atoms with Crippen molar-refractivity contribution in [3.05, 3.63) is 34.6 Å². The van der Waals surface area contributed by atoms with Gasteiger partial charge in [0.1, 0.15) is 0 Å². The maximum Gasteiger partial charge on any atom is 0.230 e. The first-order valence-corrected chi connectivity index (χ1v) is 7.16. The van der Waals surface area contributed by atoms with Crippen molar-refractivity contribution in [3.63, 3.8) is 0 Å². The largest absolute Gasteiger partial charge is 0.341 e. The van der Waals surface area contributed by atoms with E-state index in [0.29, 0.717) is 11.8 Å². The molecular formula is C15H19ClN4. The standard InChI is InChI=1S/C15H19ClN4/c1-5-20(6-2)15-18-13(17-14(16)19-15)12-8-10(3)7-11(4)9-12/h7-9H,5-6H2,1-4H3. The minimum Gasteiger partial charge on any atom is -0.341 e. The van der Waals surface area contributed by atoms with E-state index in [1.807, 2.05) is 0 Å². The van der Waals surface area contributed by atoms with Crippen molar-refractivity contribution in [1.82, 2.24) is 15.0 Å². The summed E-state index contributed by atoms with van der Waals surface area (Å²) in [6.45, 7) is 9.93. The molecular weight excluding hydrogens is 272 g/mol. The molecule has 1 aromatic heterocycles. The second-order valence-electron chi connectivity index (χ2n) is 4.78. The van der Waals surface area contributed by atoms with Gasteiger partial charge in [-0.2, -0.15) is 15.0 Å². The SMILES string of the molecule is CCN(CC)c1nc(Cl)nc(-c2cc(C)cc(C)c2)n1. The van der Waals surface area contributed by atoms with Crippen LogP contribution in [0.4, 0.5) is 5.95 Å². The fourth-order valence-corrected chi connectivity index (χ4v) is 2.38. The van der Waals surface area contributed by atoms with Crippen molar-refractivity contribution in [3.8, 4) is 11.4 Å². The van der Waals surface area contributed by atoms with Gasteiger partial charge in [-0.1, -0.05) is 17.2 Å². The first kappa shape index (κ1) is 14.7. The third-order valence-electron chi connectivity index (χ3n) is 3.12. The number of aromatic nitrogens is 3. The normalized spacial score (nSPS) is 10.7. The van der Waals surface area contributed by atoms with E-state index in [1.54, 1.807) is 0 Å². The highest BCUT2D eigenvalue weighted by atomic mass is 35.5. The maximum atomic E-state index is 6.05. The lowest BCUT2D eigenvalue weighted by Gasteiger charge is -2.18. The Morgan fingerprint density at radius 3 is 2.10 bits per heavy atom. The summed E-state index contributed by atoms with van der Waals surface area (Å²) in [7, 11) is 0. The van der Waals surface area contributed by atoms with E-state index in [0.717, 1.165) is 18.7 Å². The van der Waals surface area contributed by atoms with Gasteiger partial charge >= 0.3 is 0 Å². The Morgan fingerprint density at radius 2 is 1.55 bits per heavy atom. The van der Waals surface area contributed by atoms with Crippen LogP contribution < -0.4 is 4.90 Å². The smallest absolute Gasteiger partial charge is 0.230 e. The van der Waals surface area contributed by atoms with E-state index < -0.39 is 0 Å². The van der Waals surface area contributed by atoms with Crippen LogP contribution in [0.5, 0.6) is 0 Å². The quantitative estimate of drug-likeness (QED) is 0.862. The van der Waals surface area contributed by atoms with Crippen molar-refractivity contribution >= 4 is 17.5 Å². The number of anilines is 1. The van der Waals surface area contributed by atoms with Gasteiger partial charge in [0.15, 0.2) is 5.82 Å². The fraction of sp³-hybridized carbons (Fsp3) is 0.400. The van der Waals surface area contributed by atoms with Crippen molar-refractivity contribution in [2.45, 2.75) is 27.7 Å². The number of rotatable bonds is 4. The van der Waals surface area contributed by atoms with Gasteiger partial charge < -0.3 is 4.90 Å². The molecule has 0 spiro atoms. The van der Waals surface area contributed by atoms with Crippen molar-refractivity contribution in [2.24, 2.45) is 0 Å². The average Bonchev–Trinajstić information content (AvgIpc) is 2.38. The molecule has 0 saturated heterocycles. The van der Waals surface area contributed by atoms with E-state index in [4.69, 9.17) is 11.6 Å². The number of hydrogen-bond acceptors (Lipinski definition) is 4. The fourth-order valence-electron chi connectivity index (χ4n) is 2.22. The van der Waals surface area contributed by atoms with E-state index in [1.165, 1.54) is 11.1 Å². The summed E-state index contributed by atoms with van der Waals surface area (Å²) in [5.41, 5.74) is 3.34. The van der Waals surface area contributed by atoms with Crippen LogP contribution in [0.15, 0.2) is 18.2 Å². The zero-order valence-electron chi connectivity index (χ0n) is 12.3. The molecule has 0 saturated carbocycles. The first-order valence-electron chi connectivity index (χ1n) is 6.78. The third kappa shape index (κ3) is 3.25. The molecule has 0 amide bonds. The molecule has 5 heteroatoms. The number of hydrogen-bond donors (Lipinski definition) is 0. The molecule has 106 valence electrons. The van der Waals surface area contributed by atoms with Gasteiger partial charge in [0.25, 0.3) is 0 Å². The number of benzene rings is 1. The molecule has 0 bridgehead atoms. The highest BCUT2D eigenvalue weighted by molar-refractivity contribution is 6.28. The lowest BCUT2D eigenvalue weighted by Crippen LogP contribution is -2.24. The second kappa shape index (κ2) is 6.18. The maximum absolute atomic E-state index is 6.05. The van der Waals surface area contributed by atoms with Crippen LogP contribution in [-0.2, 0) is 0 Å². The highest BCUT2D eigenvalue weighted by Gasteiger charge is 2.12. The molecule has 0 aliphatic carbocycles. The zero-order valence-corrected chi connectivity index (χ0v) is 13.1. The molecule has 0 aliphatic heterocycles. The number of nitrogens with zero attached hydrogens (tertiary/aromatic N) is 4. The van der Waals surface area contributed by atoms with Crippen molar-refractivity contribution < 1.29 is 0 Å². The van der Waals surface area contributed by atoms with Crippen LogP contribution >= 0.6 is 11.6 Å². The summed E-state index contributed by atoms with van der Waals surface area (Å²) >= 11 is 6.05.